The van der Waals surface area contributed by atoms with Crippen LogP contribution in [0.5, 0.6) is 0 Å². The second-order valence-electron chi connectivity index (χ2n) is 4.06. The Balaban J connectivity index is 1.67. The summed E-state index contributed by atoms with van der Waals surface area (Å²) in [5, 5.41) is 11.9. The molecule has 0 saturated heterocycles. The van der Waals surface area contributed by atoms with E-state index in [2.05, 4.69) is 10.3 Å². The number of aliphatic hydroxyl groups excluding tert-OH is 1. The summed E-state index contributed by atoms with van der Waals surface area (Å²) in [5.74, 6) is 0. The molecule has 5 heteroatoms. The molecule has 2 aromatic heterocycles. The van der Waals surface area contributed by atoms with Crippen LogP contribution in [0.2, 0.25) is 0 Å². The van der Waals surface area contributed by atoms with Crippen LogP contribution in [0.1, 0.15) is 12.1 Å². The van der Waals surface area contributed by atoms with Crippen molar-refractivity contribution >= 4 is 5.65 Å². The molecule has 0 bridgehead atoms. The third kappa shape index (κ3) is 3.80. The first kappa shape index (κ1) is 13.0. The van der Waals surface area contributed by atoms with E-state index in [1.165, 1.54) is 0 Å². The number of nitrogens with one attached hydrogen (secondary N) is 1. The van der Waals surface area contributed by atoms with Crippen LogP contribution in [0.25, 0.3) is 5.65 Å². The van der Waals surface area contributed by atoms with Gasteiger partial charge in [-0.25, -0.2) is 4.98 Å². The first-order valence-corrected chi connectivity index (χ1v) is 6.22. The summed E-state index contributed by atoms with van der Waals surface area (Å²) in [6.45, 7) is 2.85. The van der Waals surface area contributed by atoms with Gasteiger partial charge in [-0.2, -0.15) is 0 Å². The maximum Gasteiger partial charge on any atom is 0.137 e. The van der Waals surface area contributed by atoms with Crippen LogP contribution in [0.15, 0.2) is 30.6 Å². The number of hydrogen-bond donors (Lipinski definition) is 2. The van der Waals surface area contributed by atoms with E-state index in [4.69, 9.17) is 9.84 Å². The number of ether oxygens (including phenoxy) is 1. The molecule has 2 rings (SSSR count). The predicted octanol–water partition coefficient (Wildman–Crippen LogP) is 0.823. The lowest BCUT2D eigenvalue weighted by atomic mass is 10.4. The third-order valence-electron chi connectivity index (χ3n) is 2.60. The molecule has 2 heterocycles. The summed E-state index contributed by atoms with van der Waals surface area (Å²) in [4.78, 5) is 4.50. The van der Waals surface area contributed by atoms with Crippen molar-refractivity contribution in [2.75, 3.05) is 26.4 Å². The molecule has 0 aliphatic heterocycles. The Labute approximate surface area is 106 Å². The number of fused-ring (bicyclic) bond motifs is 1. The number of imidazole rings is 1. The van der Waals surface area contributed by atoms with Crippen LogP contribution in [0.3, 0.4) is 0 Å². The van der Waals surface area contributed by atoms with Crippen LogP contribution in [-0.4, -0.2) is 40.9 Å². The molecule has 0 aromatic carbocycles. The van der Waals surface area contributed by atoms with Crippen LogP contribution >= 0.6 is 0 Å². The molecular weight excluding hydrogens is 230 g/mol. The monoisotopic (exact) mass is 249 g/mol. The Bertz CT molecular complexity index is 437. The van der Waals surface area contributed by atoms with Gasteiger partial charge in [-0.05, 0) is 25.1 Å². The summed E-state index contributed by atoms with van der Waals surface area (Å²) < 4.78 is 7.19. The van der Waals surface area contributed by atoms with Crippen molar-refractivity contribution in [2.24, 2.45) is 0 Å². The van der Waals surface area contributed by atoms with E-state index in [1.54, 1.807) is 0 Å². The molecule has 2 aromatic rings. The Morgan fingerprint density at radius 1 is 1.33 bits per heavy atom. The molecule has 0 radical (unpaired) electrons. The van der Waals surface area contributed by atoms with E-state index in [1.807, 2.05) is 35.0 Å². The average molecular weight is 249 g/mol. The molecule has 0 spiro atoms. The van der Waals surface area contributed by atoms with Crippen molar-refractivity contribution in [1.29, 1.82) is 0 Å². The topological polar surface area (TPSA) is 58.8 Å². The SMILES string of the molecule is OCCOCCCNCc1cn2ccccc2n1. The average Bonchev–Trinajstić information content (AvgIpc) is 2.80. The van der Waals surface area contributed by atoms with E-state index < -0.39 is 0 Å². The third-order valence-corrected chi connectivity index (χ3v) is 2.60. The van der Waals surface area contributed by atoms with Crippen molar-refractivity contribution < 1.29 is 9.84 Å². The van der Waals surface area contributed by atoms with E-state index in [0.29, 0.717) is 13.2 Å². The second kappa shape index (κ2) is 7.10. The molecule has 0 unspecified atom stereocenters. The molecule has 5 nitrogen and oxygen atoms in total. The molecule has 0 saturated carbocycles. The zero-order valence-corrected chi connectivity index (χ0v) is 10.4. The molecule has 0 atom stereocenters. The molecule has 98 valence electrons. The highest BCUT2D eigenvalue weighted by atomic mass is 16.5. The van der Waals surface area contributed by atoms with Gasteiger partial charge in [0.25, 0.3) is 0 Å². The smallest absolute Gasteiger partial charge is 0.137 e. The summed E-state index contributed by atoms with van der Waals surface area (Å²) in [6, 6.07) is 5.97. The lowest BCUT2D eigenvalue weighted by molar-refractivity contribution is 0.0907. The fourth-order valence-electron chi connectivity index (χ4n) is 1.75. The Morgan fingerprint density at radius 3 is 3.11 bits per heavy atom. The van der Waals surface area contributed by atoms with Crippen LogP contribution in [-0.2, 0) is 11.3 Å². The highest BCUT2D eigenvalue weighted by molar-refractivity contribution is 5.39. The quantitative estimate of drug-likeness (QED) is 0.680. The first-order valence-electron chi connectivity index (χ1n) is 6.22. The molecule has 18 heavy (non-hydrogen) atoms. The summed E-state index contributed by atoms with van der Waals surface area (Å²) in [7, 11) is 0. The minimum atomic E-state index is 0.0919. The number of pyridine rings is 1. The van der Waals surface area contributed by atoms with Crippen molar-refractivity contribution in [2.45, 2.75) is 13.0 Å². The number of aliphatic hydroxyl groups is 1. The Morgan fingerprint density at radius 2 is 2.28 bits per heavy atom. The van der Waals surface area contributed by atoms with Crippen LogP contribution in [0, 0.1) is 0 Å². The zero-order chi connectivity index (χ0) is 12.6. The molecule has 0 fully saturated rings. The van der Waals surface area contributed by atoms with Crippen molar-refractivity contribution in [3.63, 3.8) is 0 Å². The van der Waals surface area contributed by atoms with Gasteiger partial charge in [-0.3, -0.25) is 0 Å². The Hall–Kier alpha value is -1.43. The van der Waals surface area contributed by atoms with Crippen LogP contribution < -0.4 is 5.32 Å². The summed E-state index contributed by atoms with van der Waals surface area (Å²) in [5.41, 5.74) is 2.01. The van der Waals surface area contributed by atoms with Gasteiger partial charge in [0.15, 0.2) is 0 Å². The van der Waals surface area contributed by atoms with Crippen molar-refractivity contribution in [3.05, 3.63) is 36.3 Å². The van der Waals surface area contributed by atoms with Gasteiger partial charge in [0.2, 0.25) is 0 Å². The van der Waals surface area contributed by atoms with Gasteiger partial charge in [0.05, 0.1) is 18.9 Å². The lowest BCUT2D eigenvalue weighted by Gasteiger charge is -2.03. The van der Waals surface area contributed by atoms with Gasteiger partial charge in [0, 0.05) is 25.5 Å². The first-order chi connectivity index (χ1) is 8.90. The second-order valence-corrected chi connectivity index (χ2v) is 4.06. The fraction of sp³-hybridized carbons (Fsp3) is 0.462. The van der Waals surface area contributed by atoms with E-state index >= 15 is 0 Å². The number of nitrogens with zero attached hydrogens (tertiary/aromatic N) is 2. The maximum atomic E-state index is 8.54. The van der Waals surface area contributed by atoms with Crippen molar-refractivity contribution in [1.82, 2.24) is 14.7 Å². The highest BCUT2D eigenvalue weighted by Crippen LogP contribution is 2.03. The predicted molar refractivity (Wildman–Crippen MR) is 69.4 cm³/mol. The van der Waals surface area contributed by atoms with Gasteiger partial charge in [0.1, 0.15) is 5.65 Å². The van der Waals surface area contributed by atoms with Gasteiger partial charge in [-0.15, -0.1) is 0 Å². The Kier molecular flexibility index (Phi) is 5.14. The number of hydrogen-bond acceptors (Lipinski definition) is 4. The summed E-state index contributed by atoms with van der Waals surface area (Å²) in [6.07, 6.45) is 4.96. The van der Waals surface area contributed by atoms with E-state index in [-0.39, 0.29) is 6.61 Å². The molecule has 0 aliphatic rings. The molecule has 0 amide bonds. The number of aromatic nitrogens is 2. The van der Waals surface area contributed by atoms with E-state index in [9.17, 15) is 0 Å². The van der Waals surface area contributed by atoms with Gasteiger partial charge >= 0.3 is 0 Å². The molecule has 0 aliphatic carbocycles. The number of rotatable bonds is 8. The standard InChI is InChI=1S/C13H19N3O2/c17-7-9-18-8-3-5-14-10-12-11-16-6-2-1-4-13(16)15-12/h1-2,4,6,11,14,17H,3,5,7-10H2. The van der Waals surface area contributed by atoms with E-state index in [0.717, 1.165) is 30.9 Å². The zero-order valence-electron chi connectivity index (χ0n) is 10.4. The van der Waals surface area contributed by atoms with Gasteiger partial charge in [-0.1, -0.05) is 6.07 Å². The minimum Gasteiger partial charge on any atom is -0.394 e. The molecular formula is C13H19N3O2. The normalized spacial score (nSPS) is 11.2. The van der Waals surface area contributed by atoms with Crippen molar-refractivity contribution in [3.8, 4) is 0 Å². The highest BCUT2D eigenvalue weighted by Gasteiger charge is 1.99. The summed E-state index contributed by atoms with van der Waals surface area (Å²) >= 11 is 0. The lowest BCUT2D eigenvalue weighted by Crippen LogP contribution is -2.17. The largest absolute Gasteiger partial charge is 0.394 e. The maximum absolute atomic E-state index is 8.54. The van der Waals surface area contributed by atoms with Crippen LogP contribution in [0.4, 0.5) is 0 Å². The van der Waals surface area contributed by atoms with Gasteiger partial charge < -0.3 is 19.6 Å². The minimum absolute atomic E-state index is 0.0919. The fourth-order valence-corrected chi connectivity index (χ4v) is 1.75. The molecule has 2 N–H and O–H groups in total.